The van der Waals surface area contributed by atoms with Crippen molar-refractivity contribution in [3.05, 3.63) is 22.4 Å². The van der Waals surface area contributed by atoms with E-state index in [1.54, 1.807) is 0 Å². The molecule has 0 amide bonds. The van der Waals surface area contributed by atoms with Gasteiger partial charge in [0.25, 0.3) is 5.56 Å². The minimum atomic E-state index is -5.85. The number of halogens is 1. The van der Waals surface area contributed by atoms with Crippen molar-refractivity contribution in [2.75, 3.05) is 5.73 Å². The Kier molecular flexibility index (Phi) is 7.45. The van der Waals surface area contributed by atoms with E-state index in [1.807, 2.05) is 5.92 Å². The van der Waals surface area contributed by atoms with Gasteiger partial charge in [-0.1, -0.05) is 5.92 Å². The van der Waals surface area contributed by atoms with E-state index < -0.39 is 82.0 Å². The van der Waals surface area contributed by atoms with Crippen LogP contribution >= 0.6 is 23.5 Å². The minimum absolute atomic E-state index is 0.452. The summed E-state index contributed by atoms with van der Waals surface area (Å²) in [6.07, 6.45) is -1.69. The topological polar surface area (TPSA) is 286 Å². The number of nitrogens with two attached hydrogens (primary N) is 1. The number of nitrogen functional groups attached to an aromatic ring is 1. The summed E-state index contributed by atoms with van der Waals surface area (Å²) in [6.45, 7) is 0.945. The van der Waals surface area contributed by atoms with Crippen LogP contribution in [-0.4, -0.2) is 68.2 Å². The molecule has 0 radical (unpaired) electrons. The van der Waals surface area contributed by atoms with Gasteiger partial charge < -0.3 is 40.3 Å². The summed E-state index contributed by atoms with van der Waals surface area (Å²) >= 11 is 0. The highest BCUT2D eigenvalue weighted by molar-refractivity contribution is 7.66. The summed E-state index contributed by atoms with van der Waals surface area (Å²) in [5.74, 6) is 0.247. The van der Waals surface area contributed by atoms with Crippen LogP contribution in [0.25, 0.3) is 11.0 Å². The Balaban J connectivity index is 1.93. The van der Waals surface area contributed by atoms with Gasteiger partial charge in [-0.2, -0.15) is 13.6 Å². The maximum absolute atomic E-state index is 14.5. The number of phosphoric acid groups is 3. The molecule has 3 heterocycles. The maximum Gasteiger partial charge on any atom is 0.490 e. The number of anilines is 1. The zero-order chi connectivity index (χ0) is 27.4. The van der Waals surface area contributed by atoms with Crippen molar-refractivity contribution in [1.82, 2.24) is 14.5 Å². The van der Waals surface area contributed by atoms with E-state index >= 15 is 0 Å². The Bertz CT molecular complexity index is 1430. The van der Waals surface area contributed by atoms with Crippen LogP contribution in [0.4, 0.5) is 10.3 Å². The van der Waals surface area contributed by atoms with Crippen LogP contribution in [0, 0.1) is 18.2 Å². The lowest BCUT2D eigenvalue weighted by molar-refractivity contribution is -0.0830. The molecule has 2 aromatic rings. The van der Waals surface area contributed by atoms with Crippen LogP contribution in [0.2, 0.25) is 0 Å². The summed E-state index contributed by atoms with van der Waals surface area (Å²) in [7, 11) is -17.2. The molecule has 1 fully saturated rings. The zero-order valence-corrected chi connectivity index (χ0v) is 20.3. The quantitative estimate of drug-likeness (QED) is 0.135. The van der Waals surface area contributed by atoms with Crippen molar-refractivity contribution < 1.29 is 65.8 Å². The number of hydrogen-bond donors (Lipinski definition) is 8. The summed E-state index contributed by atoms with van der Waals surface area (Å²) in [6, 6.07) is 0. The molecule has 0 saturated carbocycles. The average molecular weight is 578 g/mol. The van der Waals surface area contributed by atoms with Crippen molar-refractivity contribution in [2.24, 2.45) is 0 Å². The first-order chi connectivity index (χ1) is 16.3. The second-order valence-electron chi connectivity index (χ2n) is 7.30. The van der Waals surface area contributed by atoms with E-state index in [-0.39, 0.29) is 0 Å². The number of aliphatic hydroxyl groups excluding tert-OH is 1. The molecular formula is C14H18FN4O14P3. The van der Waals surface area contributed by atoms with Gasteiger partial charge in [0.15, 0.2) is 23.3 Å². The Morgan fingerprint density at radius 2 is 1.92 bits per heavy atom. The van der Waals surface area contributed by atoms with Gasteiger partial charge in [-0.3, -0.25) is 18.9 Å². The first-order valence-corrected chi connectivity index (χ1v) is 13.7. The molecule has 0 aromatic carbocycles. The maximum atomic E-state index is 14.5. The van der Waals surface area contributed by atoms with Crippen LogP contribution in [0.1, 0.15) is 13.2 Å². The summed E-state index contributed by atoms with van der Waals surface area (Å²) in [4.78, 5) is 54.0. The van der Waals surface area contributed by atoms with Crippen LogP contribution in [0.3, 0.4) is 0 Å². The van der Waals surface area contributed by atoms with E-state index in [0.717, 1.165) is 11.5 Å². The molecule has 1 aliphatic rings. The third-order valence-electron chi connectivity index (χ3n) is 4.74. The number of nitrogens with one attached hydrogen (secondary N) is 1. The number of terminal acetylenes is 1. The first kappa shape index (κ1) is 28.6. The van der Waals surface area contributed by atoms with Crippen LogP contribution in [-0.2, 0) is 31.6 Å². The molecule has 1 aliphatic heterocycles. The lowest BCUT2D eigenvalue weighted by Gasteiger charge is -2.27. The lowest BCUT2D eigenvalue weighted by Crippen LogP contribution is -2.47. The van der Waals surface area contributed by atoms with Gasteiger partial charge in [0, 0.05) is 6.20 Å². The fourth-order valence-corrected chi connectivity index (χ4v) is 6.60. The Labute approximate surface area is 198 Å². The highest BCUT2D eigenvalue weighted by atomic mass is 31.3. The standard InChI is InChI=1S/C14H18FN4O14P3/c1-3-14(22)9(20)8(5(2)31-35(26,27)33-36(28,29)32-34(23,24)25)30-12(14)19-4-6(15)7-10(19)17-13(16)18-11(7)21/h1,4-5,8-9,12,20,22H,2H3,(H,26,27)(H,28,29)(H2,23,24,25)(H3,16,17,18,21)/t5-,8-,9+,12-,14?/m1/s1. The van der Waals surface area contributed by atoms with Crippen LogP contribution in [0.5, 0.6) is 0 Å². The fourth-order valence-electron chi connectivity index (χ4n) is 3.40. The smallest absolute Gasteiger partial charge is 0.386 e. The Morgan fingerprint density at radius 3 is 2.47 bits per heavy atom. The van der Waals surface area contributed by atoms with E-state index in [4.69, 9.17) is 26.7 Å². The Morgan fingerprint density at radius 1 is 1.31 bits per heavy atom. The van der Waals surface area contributed by atoms with Gasteiger partial charge in [-0.15, -0.1) is 6.42 Å². The van der Waals surface area contributed by atoms with E-state index in [2.05, 4.69) is 23.1 Å². The molecule has 22 heteroatoms. The highest BCUT2D eigenvalue weighted by Crippen LogP contribution is 2.66. The molecule has 1 saturated heterocycles. The molecule has 0 bridgehead atoms. The molecule has 2 aromatic heterocycles. The molecule has 200 valence electrons. The minimum Gasteiger partial charge on any atom is -0.386 e. The molecule has 3 rings (SSSR count). The third kappa shape index (κ3) is 5.62. The van der Waals surface area contributed by atoms with Crippen LogP contribution in [0.15, 0.2) is 11.0 Å². The molecule has 3 unspecified atom stereocenters. The van der Waals surface area contributed by atoms with Crippen molar-refractivity contribution in [1.29, 1.82) is 0 Å². The fraction of sp³-hybridized carbons (Fsp3) is 0.429. The lowest BCUT2D eigenvalue weighted by atomic mass is 9.93. The number of aliphatic hydroxyl groups is 2. The molecule has 0 spiro atoms. The van der Waals surface area contributed by atoms with Crippen molar-refractivity contribution in [3.8, 4) is 12.3 Å². The molecule has 36 heavy (non-hydrogen) atoms. The number of aromatic nitrogens is 3. The second kappa shape index (κ2) is 9.39. The number of rotatable bonds is 8. The molecule has 7 atom stereocenters. The summed E-state index contributed by atoms with van der Waals surface area (Å²) in [5.41, 5.74) is 1.32. The predicted molar refractivity (Wildman–Crippen MR) is 113 cm³/mol. The highest BCUT2D eigenvalue weighted by Gasteiger charge is 2.58. The zero-order valence-electron chi connectivity index (χ0n) is 17.6. The van der Waals surface area contributed by atoms with Crippen molar-refractivity contribution >= 4 is 40.4 Å². The number of H-pyrrole nitrogens is 1. The van der Waals surface area contributed by atoms with Gasteiger partial charge in [-0.25, -0.2) is 18.1 Å². The molecular weight excluding hydrogens is 560 g/mol. The van der Waals surface area contributed by atoms with Crippen molar-refractivity contribution in [2.45, 2.75) is 37.1 Å². The molecule has 0 aliphatic carbocycles. The predicted octanol–water partition coefficient (Wildman–Crippen LogP) is -1.20. The summed E-state index contributed by atoms with van der Waals surface area (Å²) in [5, 5.41) is 20.9. The van der Waals surface area contributed by atoms with Gasteiger partial charge in [0.05, 0.1) is 6.10 Å². The molecule has 18 nitrogen and oxygen atoms in total. The third-order valence-corrected chi connectivity index (χ3v) is 8.67. The number of aromatic amines is 1. The normalized spacial score (nSPS) is 28.9. The largest absolute Gasteiger partial charge is 0.490 e. The van der Waals surface area contributed by atoms with Gasteiger partial charge >= 0.3 is 23.5 Å². The Hall–Kier alpha value is -2.00. The van der Waals surface area contributed by atoms with E-state index in [0.29, 0.717) is 6.20 Å². The second-order valence-corrected chi connectivity index (χ2v) is 11.7. The number of phosphoric ester groups is 1. The van der Waals surface area contributed by atoms with Crippen LogP contribution < -0.4 is 11.3 Å². The average Bonchev–Trinajstić information content (AvgIpc) is 3.13. The number of fused-ring (bicyclic) bond motifs is 1. The monoisotopic (exact) mass is 578 g/mol. The SMILES string of the molecule is C#CC1(O)[C@@H](O)[C@@H]([C@@H](C)OP(=O)(O)OP(=O)(O)OP(=O)(O)O)O[C@H]1n1cc(F)c2c(=O)[nH]c(N)nc21. The molecule has 9 N–H and O–H groups in total. The first-order valence-electron chi connectivity index (χ1n) is 9.22. The van der Waals surface area contributed by atoms with E-state index in [1.165, 1.54) is 0 Å². The number of nitrogens with zero attached hydrogens (tertiary/aromatic N) is 2. The van der Waals surface area contributed by atoms with E-state index in [9.17, 15) is 42.9 Å². The van der Waals surface area contributed by atoms with Crippen molar-refractivity contribution in [3.63, 3.8) is 0 Å². The van der Waals surface area contributed by atoms with Gasteiger partial charge in [0.1, 0.15) is 17.6 Å². The summed E-state index contributed by atoms with van der Waals surface area (Å²) < 4.78 is 66.8. The van der Waals surface area contributed by atoms with Gasteiger partial charge in [-0.05, 0) is 6.92 Å². The number of hydrogen-bond acceptors (Lipinski definition) is 12. The number of ether oxygens (including phenoxy) is 1. The van der Waals surface area contributed by atoms with Gasteiger partial charge in [0.2, 0.25) is 5.95 Å².